The molecule has 0 aliphatic carbocycles. The Morgan fingerprint density at radius 3 is 2.85 bits per heavy atom. The third kappa shape index (κ3) is 3.96. The van der Waals surface area contributed by atoms with Crippen LogP contribution >= 0.6 is 11.8 Å². The molecule has 3 rings (SSSR count). The lowest BCUT2D eigenvalue weighted by atomic mass is 10.00. The van der Waals surface area contributed by atoms with Gasteiger partial charge in [0.05, 0.1) is 17.0 Å². The van der Waals surface area contributed by atoms with E-state index in [0.717, 1.165) is 30.9 Å². The van der Waals surface area contributed by atoms with Gasteiger partial charge >= 0.3 is 6.18 Å². The molecule has 4 nitrogen and oxygen atoms in total. The molecule has 2 aromatic rings. The minimum absolute atomic E-state index is 0.00827. The van der Waals surface area contributed by atoms with Crippen molar-refractivity contribution in [2.45, 2.75) is 25.4 Å². The average Bonchev–Trinajstić information content (AvgIpc) is 3.22. The summed E-state index contributed by atoms with van der Waals surface area (Å²) in [6.07, 6.45) is -3.63. The fourth-order valence-corrected chi connectivity index (χ4v) is 3.49. The quantitative estimate of drug-likeness (QED) is 0.488. The maximum absolute atomic E-state index is 13.1. The van der Waals surface area contributed by atoms with Crippen LogP contribution in [0.4, 0.5) is 19.1 Å². The van der Waals surface area contributed by atoms with Crippen LogP contribution in [0.2, 0.25) is 0 Å². The van der Waals surface area contributed by atoms with E-state index in [1.807, 2.05) is 6.92 Å². The second kappa shape index (κ2) is 7.84. The van der Waals surface area contributed by atoms with Crippen molar-refractivity contribution in [1.29, 1.82) is 0 Å². The van der Waals surface area contributed by atoms with Crippen molar-refractivity contribution in [1.82, 2.24) is 5.32 Å². The monoisotopic (exact) mass is 386 g/mol. The molecule has 142 valence electrons. The standard InChI is InChI=1S/C18H21F3N2O2S/c1-2-26-10-23-17-14(11-4-3-5-13(8-11)18(19,20)21)15(24)16(25-17)12-6-7-22-9-12/h3-5,8,12,22-24H,2,6-7,9-10H2,1H3. The summed E-state index contributed by atoms with van der Waals surface area (Å²) in [6, 6.07) is 4.95. The Labute approximate surface area is 154 Å². The van der Waals surface area contributed by atoms with Crippen LogP contribution < -0.4 is 10.6 Å². The van der Waals surface area contributed by atoms with E-state index in [1.54, 1.807) is 17.8 Å². The SMILES string of the molecule is CCSCNc1oc(C2CCNC2)c(O)c1-c1cccc(C(F)(F)F)c1. The minimum Gasteiger partial charge on any atom is -0.504 e. The summed E-state index contributed by atoms with van der Waals surface area (Å²) >= 11 is 1.62. The van der Waals surface area contributed by atoms with Crippen molar-refractivity contribution in [3.8, 4) is 16.9 Å². The van der Waals surface area contributed by atoms with E-state index < -0.39 is 11.7 Å². The van der Waals surface area contributed by atoms with Crippen LogP contribution in [0.5, 0.6) is 5.75 Å². The molecule has 1 aromatic carbocycles. The first-order valence-corrected chi connectivity index (χ1v) is 9.63. The topological polar surface area (TPSA) is 57.4 Å². The average molecular weight is 386 g/mol. The summed E-state index contributed by atoms with van der Waals surface area (Å²) in [6.45, 7) is 3.50. The minimum atomic E-state index is -4.45. The Hall–Kier alpha value is -1.80. The van der Waals surface area contributed by atoms with Gasteiger partial charge in [-0.05, 0) is 36.4 Å². The van der Waals surface area contributed by atoms with Gasteiger partial charge in [0, 0.05) is 12.5 Å². The molecule has 1 fully saturated rings. The third-order valence-electron chi connectivity index (χ3n) is 4.36. The summed E-state index contributed by atoms with van der Waals surface area (Å²) < 4.78 is 45.1. The summed E-state index contributed by atoms with van der Waals surface area (Å²) in [5.74, 6) is 2.09. The number of anilines is 1. The second-order valence-corrected chi connectivity index (χ2v) is 7.38. The number of rotatable bonds is 6. The molecule has 1 aliphatic rings. The molecule has 0 radical (unpaired) electrons. The van der Waals surface area contributed by atoms with Crippen LogP contribution in [-0.2, 0) is 6.18 Å². The first kappa shape index (κ1) is 19.0. The number of hydrogen-bond donors (Lipinski definition) is 3. The lowest BCUT2D eigenvalue weighted by Gasteiger charge is -2.10. The van der Waals surface area contributed by atoms with Crippen molar-refractivity contribution >= 4 is 17.6 Å². The number of thioether (sulfide) groups is 1. The molecule has 0 saturated carbocycles. The van der Waals surface area contributed by atoms with Crippen LogP contribution in [0.3, 0.4) is 0 Å². The molecule has 0 bridgehead atoms. The largest absolute Gasteiger partial charge is 0.504 e. The van der Waals surface area contributed by atoms with Gasteiger partial charge < -0.3 is 20.2 Å². The lowest BCUT2D eigenvalue weighted by molar-refractivity contribution is -0.137. The molecular formula is C18H21F3N2O2S. The van der Waals surface area contributed by atoms with Gasteiger partial charge in [-0.15, -0.1) is 11.8 Å². The predicted molar refractivity (Wildman–Crippen MR) is 97.7 cm³/mol. The number of alkyl halides is 3. The number of halogens is 3. The van der Waals surface area contributed by atoms with Gasteiger partial charge in [-0.3, -0.25) is 0 Å². The normalized spacial score (nSPS) is 17.6. The van der Waals surface area contributed by atoms with E-state index in [9.17, 15) is 18.3 Å². The van der Waals surface area contributed by atoms with Crippen molar-refractivity contribution in [2.75, 3.05) is 30.0 Å². The first-order valence-electron chi connectivity index (χ1n) is 8.47. The van der Waals surface area contributed by atoms with Gasteiger partial charge in [0.1, 0.15) is 0 Å². The molecular weight excluding hydrogens is 365 g/mol. The van der Waals surface area contributed by atoms with Gasteiger partial charge in [-0.2, -0.15) is 13.2 Å². The molecule has 1 unspecified atom stereocenters. The Kier molecular flexibility index (Phi) is 5.72. The van der Waals surface area contributed by atoms with Crippen LogP contribution in [0.15, 0.2) is 28.7 Å². The highest BCUT2D eigenvalue weighted by molar-refractivity contribution is 7.99. The van der Waals surface area contributed by atoms with Crippen molar-refractivity contribution in [3.63, 3.8) is 0 Å². The van der Waals surface area contributed by atoms with Crippen LogP contribution in [0, 0.1) is 0 Å². The van der Waals surface area contributed by atoms with Gasteiger partial charge in [-0.25, -0.2) is 0 Å². The fourth-order valence-electron chi connectivity index (χ4n) is 3.06. The maximum atomic E-state index is 13.1. The number of benzene rings is 1. The Balaban J connectivity index is 2.03. The fraction of sp³-hybridized carbons (Fsp3) is 0.444. The molecule has 0 amide bonds. The number of furan rings is 1. The van der Waals surface area contributed by atoms with E-state index in [2.05, 4.69) is 10.6 Å². The van der Waals surface area contributed by atoms with Crippen molar-refractivity contribution < 1.29 is 22.7 Å². The highest BCUT2D eigenvalue weighted by Crippen LogP contribution is 2.46. The second-order valence-electron chi connectivity index (χ2n) is 6.10. The van der Waals surface area contributed by atoms with Gasteiger partial charge in [-0.1, -0.05) is 19.1 Å². The van der Waals surface area contributed by atoms with Crippen molar-refractivity contribution in [2.24, 2.45) is 0 Å². The van der Waals surface area contributed by atoms with E-state index >= 15 is 0 Å². The van der Waals surface area contributed by atoms with E-state index in [-0.39, 0.29) is 22.8 Å². The molecule has 26 heavy (non-hydrogen) atoms. The van der Waals surface area contributed by atoms with Crippen LogP contribution in [0.25, 0.3) is 11.1 Å². The van der Waals surface area contributed by atoms with E-state index in [0.29, 0.717) is 24.1 Å². The zero-order valence-electron chi connectivity index (χ0n) is 14.3. The number of hydrogen-bond acceptors (Lipinski definition) is 5. The Bertz CT molecular complexity index is 755. The predicted octanol–water partition coefficient (Wildman–Crippen LogP) is 4.87. The van der Waals surface area contributed by atoms with Gasteiger partial charge in [0.15, 0.2) is 11.5 Å². The molecule has 3 N–H and O–H groups in total. The lowest BCUT2D eigenvalue weighted by Crippen LogP contribution is -2.07. The van der Waals surface area contributed by atoms with E-state index in [1.165, 1.54) is 6.07 Å². The molecule has 1 aromatic heterocycles. The third-order valence-corrected chi connectivity index (χ3v) is 5.11. The molecule has 8 heteroatoms. The summed E-state index contributed by atoms with van der Waals surface area (Å²) in [4.78, 5) is 0. The summed E-state index contributed by atoms with van der Waals surface area (Å²) in [5.41, 5.74) is -0.189. The summed E-state index contributed by atoms with van der Waals surface area (Å²) in [7, 11) is 0. The number of aromatic hydroxyl groups is 1. The number of nitrogens with one attached hydrogen (secondary N) is 2. The Morgan fingerprint density at radius 2 is 2.19 bits per heavy atom. The highest BCUT2D eigenvalue weighted by Gasteiger charge is 2.33. The molecule has 1 atom stereocenters. The molecule has 1 saturated heterocycles. The van der Waals surface area contributed by atoms with Gasteiger partial charge in [0.25, 0.3) is 0 Å². The zero-order valence-corrected chi connectivity index (χ0v) is 15.1. The van der Waals surface area contributed by atoms with Crippen molar-refractivity contribution in [3.05, 3.63) is 35.6 Å². The molecule has 0 spiro atoms. The molecule has 2 heterocycles. The van der Waals surface area contributed by atoms with Gasteiger partial charge in [0.2, 0.25) is 5.88 Å². The summed E-state index contributed by atoms with van der Waals surface area (Å²) in [5, 5.41) is 17.0. The zero-order chi connectivity index (χ0) is 18.7. The van der Waals surface area contributed by atoms with Crippen LogP contribution in [0.1, 0.15) is 30.6 Å². The smallest absolute Gasteiger partial charge is 0.416 e. The van der Waals surface area contributed by atoms with Crippen LogP contribution in [-0.4, -0.2) is 29.8 Å². The highest BCUT2D eigenvalue weighted by atomic mass is 32.2. The Morgan fingerprint density at radius 1 is 1.38 bits per heavy atom. The molecule has 1 aliphatic heterocycles. The van der Waals surface area contributed by atoms with E-state index in [4.69, 9.17) is 4.42 Å². The maximum Gasteiger partial charge on any atom is 0.416 e. The first-order chi connectivity index (χ1) is 12.4.